The number of carboxylic acid groups (broad SMARTS) is 1. The van der Waals surface area contributed by atoms with E-state index in [1.54, 1.807) is 23.5 Å². The Morgan fingerprint density at radius 2 is 1.77 bits per heavy atom. The number of ether oxygens (including phenoxy) is 1. The second kappa shape index (κ2) is 11.8. The number of aromatic carboxylic acids is 1. The summed E-state index contributed by atoms with van der Waals surface area (Å²) < 4.78 is 7.59. The molecule has 7 nitrogen and oxygen atoms in total. The highest BCUT2D eigenvalue weighted by atomic mass is 32.1. The summed E-state index contributed by atoms with van der Waals surface area (Å²) in [5, 5.41) is 12.0. The minimum atomic E-state index is -0.969. The lowest BCUT2D eigenvalue weighted by atomic mass is 9.81. The van der Waals surface area contributed by atoms with Gasteiger partial charge in [0.2, 0.25) is 5.91 Å². The molecule has 2 fully saturated rings. The van der Waals surface area contributed by atoms with Gasteiger partial charge in [-0.3, -0.25) is 4.79 Å². The molecule has 1 aliphatic carbocycles. The van der Waals surface area contributed by atoms with Crippen LogP contribution in [0, 0.1) is 13.8 Å². The van der Waals surface area contributed by atoms with Crippen LogP contribution in [0.3, 0.4) is 0 Å². The third kappa shape index (κ3) is 5.30. The second-order valence-electron chi connectivity index (χ2n) is 12.1. The summed E-state index contributed by atoms with van der Waals surface area (Å²) in [5.41, 5.74) is 7.39. The Bertz CT molecular complexity index is 1890. The molecule has 226 valence electrons. The summed E-state index contributed by atoms with van der Waals surface area (Å²) in [4.78, 5) is 35.3. The van der Waals surface area contributed by atoms with Gasteiger partial charge in [0.25, 0.3) is 0 Å². The Hall–Kier alpha value is -4.01. The molecule has 1 aliphatic heterocycles. The van der Waals surface area contributed by atoms with E-state index in [1.807, 2.05) is 11.0 Å². The second-order valence-corrected chi connectivity index (χ2v) is 13.6. The average molecular weight is 608 g/mol. The first-order chi connectivity index (χ1) is 21.4. The van der Waals surface area contributed by atoms with E-state index in [0.29, 0.717) is 32.2 Å². The fraction of sp³-hybridized carbons (Fsp3) is 0.361. The molecule has 0 unspecified atom stereocenters. The smallest absolute Gasteiger partial charge is 0.335 e. The van der Waals surface area contributed by atoms with Gasteiger partial charge in [0.15, 0.2) is 0 Å². The maximum absolute atomic E-state index is 13.7. The van der Waals surface area contributed by atoms with E-state index >= 15 is 0 Å². The van der Waals surface area contributed by atoms with Crippen molar-refractivity contribution in [2.45, 2.75) is 58.4 Å². The van der Waals surface area contributed by atoms with Crippen LogP contribution < -0.4 is 0 Å². The van der Waals surface area contributed by atoms with E-state index in [4.69, 9.17) is 9.72 Å². The predicted molar refractivity (Wildman–Crippen MR) is 176 cm³/mol. The van der Waals surface area contributed by atoms with Crippen LogP contribution in [0.2, 0.25) is 0 Å². The van der Waals surface area contributed by atoms with Crippen LogP contribution in [0.15, 0.2) is 54.6 Å². The Morgan fingerprint density at radius 1 is 0.977 bits per heavy atom. The zero-order valence-corrected chi connectivity index (χ0v) is 26.1. The third-order valence-electron chi connectivity index (χ3n) is 9.30. The summed E-state index contributed by atoms with van der Waals surface area (Å²) in [6.07, 6.45) is 5.74. The van der Waals surface area contributed by atoms with Crippen molar-refractivity contribution >= 4 is 45.0 Å². The SMILES string of the molecule is Cc1cc(-c2ccc3cc(-c4c(C5CCCCC5)c5ccc(C(=O)O)cc5n4CC(=O)N4CCOCC4)ccc3n2)c(C)s1. The van der Waals surface area contributed by atoms with Crippen LogP contribution in [-0.2, 0) is 16.1 Å². The van der Waals surface area contributed by atoms with Crippen LogP contribution in [0.5, 0.6) is 0 Å². The summed E-state index contributed by atoms with van der Waals surface area (Å²) in [6, 6.07) is 18.3. The molecule has 3 aromatic heterocycles. The molecule has 2 aliphatic rings. The zero-order chi connectivity index (χ0) is 30.4. The van der Waals surface area contributed by atoms with E-state index in [1.165, 1.54) is 40.1 Å². The van der Waals surface area contributed by atoms with E-state index in [2.05, 4.69) is 54.8 Å². The first-order valence-electron chi connectivity index (χ1n) is 15.6. The molecule has 1 saturated heterocycles. The number of aromatic nitrogens is 2. The van der Waals surface area contributed by atoms with Gasteiger partial charge in [-0.1, -0.05) is 37.5 Å². The van der Waals surface area contributed by atoms with Gasteiger partial charge in [-0.05, 0) is 80.1 Å². The summed E-state index contributed by atoms with van der Waals surface area (Å²) in [7, 11) is 0. The fourth-order valence-electron chi connectivity index (χ4n) is 7.15. The topological polar surface area (TPSA) is 84.7 Å². The molecule has 0 radical (unpaired) electrons. The number of carbonyl (C=O) groups excluding carboxylic acids is 1. The number of morpholine rings is 1. The number of carbonyl (C=O) groups is 2. The zero-order valence-electron chi connectivity index (χ0n) is 25.3. The lowest BCUT2D eigenvalue weighted by Crippen LogP contribution is -2.42. The Morgan fingerprint density at radius 3 is 2.50 bits per heavy atom. The standard InChI is InChI=1S/C36H37N3O4S/c1-22-18-29(23(2)44-22)31-13-9-25-19-26(10-12-30(25)37-31)35-34(24-6-4-3-5-7-24)28-11-8-27(36(41)42)20-32(28)39(35)21-33(40)38-14-16-43-17-15-38/h8-13,18-20,24H,3-7,14-17,21H2,1-2H3,(H,41,42). The van der Waals surface area contributed by atoms with Crippen molar-refractivity contribution in [3.63, 3.8) is 0 Å². The van der Waals surface area contributed by atoms with Gasteiger partial charge < -0.3 is 19.3 Å². The Balaban J connectivity index is 1.41. The minimum absolute atomic E-state index is 0.0240. The number of benzene rings is 2. The highest BCUT2D eigenvalue weighted by molar-refractivity contribution is 7.12. The van der Waals surface area contributed by atoms with Crippen molar-refractivity contribution in [2.24, 2.45) is 0 Å². The summed E-state index contributed by atoms with van der Waals surface area (Å²) >= 11 is 1.79. The summed E-state index contributed by atoms with van der Waals surface area (Å²) in [6.45, 7) is 6.61. The number of hydrogen-bond donors (Lipinski definition) is 1. The van der Waals surface area contributed by atoms with Gasteiger partial charge in [-0.2, -0.15) is 0 Å². The molecule has 7 rings (SSSR count). The quantitative estimate of drug-likeness (QED) is 0.213. The number of carboxylic acids is 1. The van der Waals surface area contributed by atoms with Crippen molar-refractivity contribution in [1.29, 1.82) is 0 Å². The average Bonchev–Trinajstić information content (AvgIpc) is 3.56. The molecule has 1 N–H and O–H groups in total. The van der Waals surface area contributed by atoms with Gasteiger partial charge in [-0.15, -0.1) is 11.3 Å². The number of fused-ring (bicyclic) bond motifs is 2. The molecule has 5 aromatic rings. The monoisotopic (exact) mass is 607 g/mol. The number of aryl methyl sites for hydroxylation is 2. The minimum Gasteiger partial charge on any atom is -0.478 e. The van der Waals surface area contributed by atoms with Crippen molar-refractivity contribution in [3.05, 3.63) is 75.5 Å². The molecule has 1 saturated carbocycles. The van der Waals surface area contributed by atoms with E-state index in [9.17, 15) is 14.7 Å². The van der Waals surface area contributed by atoms with Crippen molar-refractivity contribution in [2.75, 3.05) is 26.3 Å². The van der Waals surface area contributed by atoms with E-state index in [0.717, 1.165) is 51.6 Å². The number of nitrogens with zero attached hydrogens (tertiary/aromatic N) is 3. The predicted octanol–water partition coefficient (Wildman–Crippen LogP) is 7.81. The van der Waals surface area contributed by atoms with E-state index < -0.39 is 5.97 Å². The molecule has 0 bridgehead atoms. The molecule has 0 atom stereocenters. The van der Waals surface area contributed by atoms with Gasteiger partial charge in [0, 0.05) is 39.2 Å². The molecular formula is C36H37N3O4S. The molecule has 1 amide bonds. The third-order valence-corrected chi connectivity index (χ3v) is 10.3. The van der Waals surface area contributed by atoms with Crippen LogP contribution in [0.25, 0.3) is 44.3 Å². The molecule has 0 spiro atoms. The first-order valence-corrected chi connectivity index (χ1v) is 16.4. The van der Waals surface area contributed by atoms with Gasteiger partial charge in [0.05, 0.1) is 41.2 Å². The number of amides is 1. The van der Waals surface area contributed by atoms with Gasteiger partial charge >= 0.3 is 5.97 Å². The van der Waals surface area contributed by atoms with Crippen molar-refractivity contribution in [3.8, 4) is 22.5 Å². The van der Waals surface area contributed by atoms with Crippen LogP contribution in [-0.4, -0.2) is 57.7 Å². The van der Waals surface area contributed by atoms with Crippen molar-refractivity contribution < 1.29 is 19.4 Å². The van der Waals surface area contributed by atoms with Crippen molar-refractivity contribution in [1.82, 2.24) is 14.5 Å². The molecular weight excluding hydrogens is 570 g/mol. The normalized spacial score (nSPS) is 16.2. The molecule has 2 aromatic carbocycles. The molecule has 8 heteroatoms. The molecule has 4 heterocycles. The maximum atomic E-state index is 13.7. The van der Waals surface area contributed by atoms with E-state index in [-0.39, 0.29) is 18.0 Å². The summed E-state index contributed by atoms with van der Waals surface area (Å²) in [5.74, 6) is -0.600. The highest BCUT2D eigenvalue weighted by Crippen LogP contribution is 2.45. The number of thiophene rings is 1. The fourth-order valence-corrected chi connectivity index (χ4v) is 8.08. The Labute approximate surface area is 261 Å². The lowest BCUT2D eigenvalue weighted by Gasteiger charge is -2.28. The first kappa shape index (κ1) is 28.7. The highest BCUT2D eigenvalue weighted by Gasteiger charge is 2.29. The van der Waals surface area contributed by atoms with Crippen LogP contribution in [0.4, 0.5) is 0 Å². The van der Waals surface area contributed by atoms with Gasteiger partial charge in [-0.25, -0.2) is 9.78 Å². The number of hydrogen-bond acceptors (Lipinski definition) is 5. The molecule has 44 heavy (non-hydrogen) atoms. The van der Waals surface area contributed by atoms with Crippen LogP contribution in [0.1, 0.15) is 63.7 Å². The largest absolute Gasteiger partial charge is 0.478 e. The van der Waals surface area contributed by atoms with Gasteiger partial charge in [0.1, 0.15) is 6.54 Å². The Kier molecular flexibility index (Phi) is 7.72. The van der Waals surface area contributed by atoms with Crippen LogP contribution >= 0.6 is 11.3 Å². The number of rotatable bonds is 6. The number of pyridine rings is 1. The lowest BCUT2D eigenvalue weighted by molar-refractivity contribution is -0.135. The maximum Gasteiger partial charge on any atom is 0.335 e.